The number of carbonyl (C=O) groups is 1. The van der Waals surface area contributed by atoms with Gasteiger partial charge in [-0.05, 0) is 71.6 Å². The Morgan fingerprint density at radius 3 is 2.32 bits per heavy atom. The highest BCUT2D eigenvalue weighted by Gasteiger charge is 2.34. The van der Waals surface area contributed by atoms with Crippen LogP contribution in [-0.2, 0) is 22.6 Å². The number of fused-ring (bicyclic) bond motifs is 1. The predicted molar refractivity (Wildman–Crippen MR) is 205 cm³/mol. The van der Waals surface area contributed by atoms with Gasteiger partial charge in [0.2, 0.25) is 0 Å². The third-order valence-electron chi connectivity index (χ3n) is 9.95. The Hall–Kier alpha value is -5.29. The topological polar surface area (TPSA) is 117 Å². The first-order chi connectivity index (χ1) is 25.8. The van der Waals surface area contributed by atoms with Gasteiger partial charge >= 0.3 is 0 Å². The molecule has 1 saturated heterocycles. The molecule has 0 bridgehead atoms. The molecule has 3 N–H and O–H groups in total. The molecule has 0 radical (unpaired) electrons. The number of amides is 1. The number of rotatable bonds is 12. The van der Waals surface area contributed by atoms with Gasteiger partial charge in [0.1, 0.15) is 5.69 Å². The summed E-state index contributed by atoms with van der Waals surface area (Å²) >= 11 is 0. The maximum atomic E-state index is 13.0. The largest absolute Gasteiger partial charge is 0.392 e. The van der Waals surface area contributed by atoms with E-state index < -0.39 is 12.4 Å². The molecule has 2 heterocycles. The first kappa shape index (κ1) is 36.1. The fourth-order valence-corrected chi connectivity index (χ4v) is 6.76. The highest BCUT2D eigenvalue weighted by Crippen LogP contribution is 2.39. The van der Waals surface area contributed by atoms with Crippen LogP contribution in [0.5, 0.6) is 0 Å². The molecule has 9 nitrogen and oxygen atoms in total. The van der Waals surface area contributed by atoms with Crippen LogP contribution in [0, 0.1) is 0 Å². The summed E-state index contributed by atoms with van der Waals surface area (Å²) in [6.07, 6.45) is 0.426. The molecule has 1 aliphatic rings. The second-order valence-electron chi connectivity index (χ2n) is 13.6. The monoisotopic (exact) mass is 708 g/mol. The van der Waals surface area contributed by atoms with E-state index in [-0.39, 0.29) is 36.5 Å². The third-order valence-corrected chi connectivity index (χ3v) is 9.95. The van der Waals surface area contributed by atoms with Crippen LogP contribution in [0.4, 0.5) is 0 Å². The summed E-state index contributed by atoms with van der Waals surface area (Å²) < 4.78 is 13.3. The molecular weight excluding hydrogens is 665 g/mol. The lowest BCUT2D eigenvalue weighted by Gasteiger charge is -2.39. The Bertz CT molecular complexity index is 2140. The molecule has 9 heteroatoms. The molecule has 1 fully saturated rings. The van der Waals surface area contributed by atoms with Crippen LogP contribution in [0.2, 0.25) is 0 Å². The van der Waals surface area contributed by atoms with Gasteiger partial charge in [0.15, 0.2) is 6.29 Å². The summed E-state index contributed by atoms with van der Waals surface area (Å²) in [6.45, 7) is 2.93. The van der Waals surface area contributed by atoms with E-state index >= 15 is 0 Å². The van der Waals surface area contributed by atoms with E-state index in [0.717, 1.165) is 44.5 Å². The van der Waals surface area contributed by atoms with Crippen LogP contribution >= 0.6 is 0 Å². The molecule has 6 aromatic rings. The van der Waals surface area contributed by atoms with Crippen LogP contribution in [-0.4, -0.2) is 56.7 Å². The van der Waals surface area contributed by atoms with E-state index in [2.05, 4.69) is 38.4 Å². The zero-order valence-electron chi connectivity index (χ0n) is 29.9. The quantitative estimate of drug-likeness (QED) is 0.121. The number of hydrogen-bond donors (Lipinski definition) is 3. The van der Waals surface area contributed by atoms with Crippen molar-refractivity contribution in [2.45, 2.75) is 57.1 Å². The first-order valence-electron chi connectivity index (χ1n) is 18.0. The fourth-order valence-electron chi connectivity index (χ4n) is 6.76. The van der Waals surface area contributed by atoms with Crippen LogP contribution in [0.1, 0.15) is 70.1 Å². The zero-order chi connectivity index (χ0) is 36.7. The van der Waals surface area contributed by atoms with Gasteiger partial charge < -0.3 is 25.0 Å². The smallest absolute Gasteiger partial charge is 0.271 e. The van der Waals surface area contributed by atoms with Gasteiger partial charge in [-0.2, -0.15) is 0 Å². The molecule has 0 spiro atoms. The molecule has 0 aliphatic carbocycles. The molecular formula is C44H44N4O5. The number of nitrogens with one attached hydrogen (secondary N) is 1. The molecule has 270 valence electrons. The first-order valence-corrected chi connectivity index (χ1v) is 18.0. The fraction of sp³-hybridized carbons (Fsp3) is 0.250. The van der Waals surface area contributed by atoms with Crippen molar-refractivity contribution in [1.82, 2.24) is 20.2 Å². The zero-order valence-corrected chi connectivity index (χ0v) is 29.9. The van der Waals surface area contributed by atoms with Crippen LogP contribution in [0.3, 0.4) is 0 Å². The SMILES string of the molecule is C[C@@H]([C@H](O)c1ccccc1)N(C)C[C@H]1C[C@@H](c2ccc(CO)cc2)O[C@@H](c2cccc(-c3cccc(CNC(=O)c4cnc5ccccc5n4)c3)c2)O1. The average molecular weight is 709 g/mol. The number of carbonyl (C=O) groups excluding carboxylic acids is 1. The molecule has 5 aromatic carbocycles. The van der Waals surface area contributed by atoms with Crippen molar-refractivity contribution < 1.29 is 24.5 Å². The highest BCUT2D eigenvalue weighted by molar-refractivity contribution is 5.93. The van der Waals surface area contributed by atoms with E-state index in [4.69, 9.17) is 9.47 Å². The molecule has 1 aromatic heterocycles. The number of benzene rings is 5. The lowest BCUT2D eigenvalue weighted by atomic mass is 9.97. The van der Waals surface area contributed by atoms with Crippen molar-refractivity contribution in [3.8, 4) is 11.1 Å². The summed E-state index contributed by atoms with van der Waals surface area (Å²) in [5.41, 5.74) is 8.24. The predicted octanol–water partition coefficient (Wildman–Crippen LogP) is 7.32. The lowest BCUT2D eigenvalue weighted by Crippen LogP contribution is -2.43. The average Bonchev–Trinajstić information content (AvgIpc) is 3.22. The van der Waals surface area contributed by atoms with E-state index in [0.29, 0.717) is 25.0 Å². The summed E-state index contributed by atoms with van der Waals surface area (Å²) in [7, 11) is 2.01. The van der Waals surface area contributed by atoms with Gasteiger partial charge in [0.25, 0.3) is 5.91 Å². The number of likely N-dealkylation sites (N-methyl/N-ethyl adjacent to an activating group) is 1. The van der Waals surface area contributed by atoms with Crippen LogP contribution in [0.15, 0.2) is 134 Å². The maximum Gasteiger partial charge on any atom is 0.271 e. The van der Waals surface area contributed by atoms with Crippen LogP contribution in [0.25, 0.3) is 22.2 Å². The van der Waals surface area contributed by atoms with E-state index in [1.807, 2.05) is 123 Å². The third kappa shape index (κ3) is 8.68. The Morgan fingerprint density at radius 2 is 1.55 bits per heavy atom. The van der Waals surface area contributed by atoms with E-state index in [9.17, 15) is 15.0 Å². The summed E-state index contributed by atoms with van der Waals surface area (Å²) in [6, 6.07) is 41.2. The maximum absolute atomic E-state index is 13.0. The number of hydrogen-bond acceptors (Lipinski definition) is 8. The lowest BCUT2D eigenvalue weighted by molar-refractivity contribution is -0.253. The van der Waals surface area contributed by atoms with Crippen molar-refractivity contribution in [2.24, 2.45) is 0 Å². The van der Waals surface area contributed by atoms with E-state index in [1.54, 1.807) is 0 Å². The highest BCUT2D eigenvalue weighted by atomic mass is 16.7. The van der Waals surface area contributed by atoms with E-state index in [1.165, 1.54) is 6.20 Å². The number of para-hydroxylation sites is 2. The molecule has 0 unspecified atom stereocenters. The summed E-state index contributed by atoms with van der Waals surface area (Å²) in [4.78, 5) is 23.9. The Labute approximate surface area is 309 Å². The number of aliphatic hydroxyl groups excluding tert-OH is 2. The Balaban J connectivity index is 1.07. The standard InChI is InChI=1S/C44H44N4O5/c1-29(42(50)33-11-4-3-5-12-33)48(2)27-37-24-41(32-20-18-30(28-49)19-21-32)53-44(52-37)36-15-9-14-35(23-36)34-13-8-10-31(22-34)25-46-43(51)40-26-45-38-16-6-7-17-39(38)47-40/h3-23,26,29,37,41-42,44,49-50H,24-25,27-28H2,1-2H3,(H,46,51)/t29-,37+,41-,42-,44-/m0/s1. The van der Waals surface area contributed by atoms with Crippen molar-refractivity contribution in [3.63, 3.8) is 0 Å². The summed E-state index contributed by atoms with van der Waals surface area (Å²) in [5.74, 6) is -0.285. The van der Waals surface area contributed by atoms with Crippen molar-refractivity contribution in [3.05, 3.63) is 167 Å². The minimum absolute atomic E-state index is 0.0217. The molecule has 1 amide bonds. The normalized spacial score (nSPS) is 18.5. The number of ether oxygens (including phenoxy) is 2. The minimum Gasteiger partial charge on any atom is -0.392 e. The van der Waals surface area contributed by atoms with Gasteiger partial charge in [-0.1, -0.05) is 103 Å². The molecule has 7 rings (SSSR count). The number of nitrogens with zero attached hydrogens (tertiary/aromatic N) is 3. The Kier molecular flexibility index (Phi) is 11.3. The molecule has 0 saturated carbocycles. The van der Waals surface area contributed by atoms with Gasteiger partial charge in [0.05, 0.1) is 42.1 Å². The van der Waals surface area contributed by atoms with Crippen molar-refractivity contribution >= 4 is 16.9 Å². The van der Waals surface area contributed by atoms with Crippen molar-refractivity contribution in [2.75, 3.05) is 13.6 Å². The van der Waals surface area contributed by atoms with Gasteiger partial charge in [0, 0.05) is 31.1 Å². The minimum atomic E-state index is -0.646. The van der Waals surface area contributed by atoms with Gasteiger partial charge in [-0.25, -0.2) is 4.98 Å². The second-order valence-corrected chi connectivity index (χ2v) is 13.6. The second kappa shape index (κ2) is 16.6. The Morgan fingerprint density at radius 1 is 0.830 bits per heavy atom. The molecule has 53 heavy (non-hydrogen) atoms. The van der Waals surface area contributed by atoms with Gasteiger partial charge in [-0.3, -0.25) is 14.7 Å². The summed E-state index contributed by atoms with van der Waals surface area (Å²) in [5, 5.41) is 23.7. The molecule has 1 aliphatic heterocycles. The molecule has 5 atom stereocenters. The van der Waals surface area contributed by atoms with Gasteiger partial charge in [-0.15, -0.1) is 0 Å². The van der Waals surface area contributed by atoms with Crippen LogP contribution < -0.4 is 5.32 Å². The van der Waals surface area contributed by atoms with Crippen molar-refractivity contribution in [1.29, 1.82) is 0 Å². The number of aliphatic hydroxyl groups is 2. The number of aromatic nitrogens is 2.